The molecule has 1 aliphatic rings. The van der Waals surface area contributed by atoms with Crippen molar-refractivity contribution in [3.8, 4) is 0 Å². The Labute approximate surface area is 114 Å². The summed E-state index contributed by atoms with van der Waals surface area (Å²) in [6, 6.07) is 0. The number of piperidine rings is 1. The third-order valence-corrected chi connectivity index (χ3v) is 3.95. The van der Waals surface area contributed by atoms with Gasteiger partial charge in [0.05, 0.1) is 10.7 Å². The van der Waals surface area contributed by atoms with Gasteiger partial charge >= 0.3 is 0 Å². The van der Waals surface area contributed by atoms with Crippen molar-refractivity contribution in [3.63, 3.8) is 0 Å². The molecule has 1 fully saturated rings. The summed E-state index contributed by atoms with van der Waals surface area (Å²) in [6.45, 7) is 6.65. The number of rotatable bonds is 4. The number of nitrogens with one attached hydrogen (secondary N) is 1. The van der Waals surface area contributed by atoms with Gasteiger partial charge in [0.2, 0.25) is 0 Å². The Kier molecular flexibility index (Phi) is 6.41. The number of aryl methyl sites for hydroxylation is 1. The first kappa shape index (κ1) is 14.9. The molecular weight excluding hydrogens is 254 g/mol. The summed E-state index contributed by atoms with van der Waals surface area (Å²) in [5.74, 6) is 0.867. The minimum Gasteiger partial charge on any atom is -0.317 e. The summed E-state index contributed by atoms with van der Waals surface area (Å²) in [5.41, 5.74) is 1.22. The van der Waals surface area contributed by atoms with Crippen molar-refractivity contribution in [1.82, 2.24) is 15.2 Å². The first-order valence-electron chi connectivity index (χ1n) is 6.04. The summed E-state index contributed by atoms with van der Waals surface area (Å²) >= 11 is 1.74. The quantitative estimate of drug-likeness (QED) is 0.914. The molecule has 1 aliphatic heterocycles. The van der Waals surface area contributed by atoms with Crippen LogP contribution in [0.2, 0.25) is 0 Å². The fourth-order valence-electron chi connectivity index (χ4n) is 2.33. The largest absolute Gasteiger partial charge is 0.317 e. The van der Waals surface area contributed by atoms with Crippen LogP contribution in [0.4, 0.5) is 0 Å². The summed E-state index contributed by atoms with van der Waals surface area (Å²) in [6.07, 6.45) is 2.64. The average molecular weight is 276 g/mol. The molecule has 0 atom stereocenters. The van der Waals surface area contributed by atoms with Crippen molar-refractivity contribution in [2.24, 2.45) is 5.92 Å². The van der Waals surface area contributed by atoms with E-state index in [0.29, 0.717) is 0 Å². The summed E-state index contributed by atoms with van der Waals surface area (Å²) in [5, 5.41) is 6.76. The maximum atomic E-state index is 4.51. The van der Waals surface area contributed by atoms with E-state index in [2.05, 4.69) is 34.6 Å². The highest BCUT2D eigenvalue weighted by molar-refractivity contribution is 7.09. The van der Waals surface area contributed by atoms with Crippen LogP contribution in [0.1, 0.15) is 23.5 Å². The molecule has 0 aromatic carbocycles. The van der Waals surface area contributed by atoms with Gasteiger partial charge in [-0.2, -0.15) is 0 Å². The van der Waals surface area contributed by atoms with Crippen LogP contribution in [0, 0.1) is 12.8 Å². The lowest BCUT2D eigenvalue weighted by Gasteiger charge is -2.27. The van der Waals surface area contributed by atoms with E-state index in [-0.39, 0.29) is 12.4 Å². The van der Waals surface area contributed by atoms with Crippen molar-refractivity contribution < 1.29 is 0 Å². The minimum absolute atomic E-state index is 0. The normalized spacial score (nSPS) is 17.1. The van der Waals surface area contributed by atoms with E-state index in [4.69, 9.17) is 0 Å². The van der Waals surface area contributed by atoms with Crippen molar-refractivity contribution in [3.05, 3.63) is 16.1 Å². The molecule has 0 amide bonds. The van der Waals surface area contributed by atoms with Crippen LogP contribution in [-0.2, 0) is 6.54 Å². The lowest BCUT2D eigenvalue weighted by atomic mass is 9.98. The smallest absolute Gasteiger partial charge is 0.0897 e. The van der Waals surface area contributed by atoms with Crippen molar-refractivity contribution in [2.45, 2.75) is 26.3 Å². The molecule has 1 saturated heterocycles. The molecule has 98 valence electrons. The van der Waals surface area contributed by atoms with Gasteiger partial charge in [-0.05, 0) is 45.8 Å². The molecule has 1 aromatic rings. The molecule has 1 aromatic heterocycles. The van der Waals surface area contributed by atoms with Crippen LogP contribution in [0.3, 0.4) is 0 Å². The van der Waals surface area contributed by atoms with Crippen LogP contribution < -0.4 is 5.32 Å². The topological polar surface area (TPSA) is 28.2 Å². The van der Waals surface area contributed by atoms with Crippen LogP contribution >= 0.6 is 23.7 Å². The monoisotopic (exact) mass is 275 g/mol. The zero-order valence-corrected chi connectivity index (χ0v) is 12.2. The third-order valence-electron chi connectivity index (χ3n) is 3.13. The Morgan fingerprint density at radius 3 is 2.76 bits per heavy atom. The zero-order chi connectivity index (χ0) is 11.4. The average Bonchev–Trinajstić information content (AvgIpc) is 2.65. The Morgan fingerprint density at radius 2 is 2.18 bits per heavy atom. The highest BCUT2D eigenvalue weighted by Crippen LogP contribution is 2.15. The van der Waals surface area contributed by atoms with Crippen molar-refractivity contribution >= 4 is 23.7 Å². The molecule has 3 nitrogen and oxygen atoms in total. The van der Waals surface area contributed by atoms with Crippen LogP contribution in [0.5, 0.6) is 0 Å². The predicted octanol–water partition coefficient (Wildman–Crippen LogP) is 2.30. The second-order valence-electron chi connectivity index (χ2n) is 4.75. The standard InChI is InChI=1S/C12H21N3S.ClH/c1-10-14-12(9-16-10)8-15(2)7-11-3-5-13-6-4-11;/h9,11,13H,3-8H2,1-2H3;1H. The number of hydrogen-bond donors (Lipinski definition) is 1. The Balaban J connectivity index is 0.00000144. The number of aromatic nitrogens is 1. The zero-order valence-electron chi connectivity index (χ0n) is 10.6. The first-order valence-corrected chi connectivity index (χ1v) is 6.92. The first-order chi connectivity index (χ1) is 7.74. The van der Waals surface area contributed by atoms with E-state index < -0.39 is 0 Å². The predicted molar refractivity (Wildman–Crippen MR) is 76.0 cm³/mol. The lowest BCUT2D eigenvalue weighted by molar-refractivity contribution is 0.233. The molecule has 0 unspecified atom stereocenters. The Morgan fingerprint density at radius 1 is 1.47 bits per heavy atom. The molecule has 2 heterocycles. The number of nitrogens with zero attached hydrogens (tertiary/aromatic N) is 2. The molecule has 17 heavy (non-hydrogen) atoms. The van der Waals surface area contributed by atoms with Gasteiger partial charge in [0.15, 0.2) is 0 Å². The summed E-state index contributed by atoms with van der Waals surface area (Å²) < 4.78 is 0. The van der Waals surface area contributed by atoms with E-state index in [0.717, 1.165) is 12.5 Å². The number of hydrogen-bond acceptors (Lipinski definition) is 4. The maximum Gasteiger partial charge on any atom is 0.0897 e. The molecule has 0 spiro atoms. The maximum absolute atomic E-state index is 4.51. The third kappa shape index (κ3) is 4.92. The molecule has 0 saturated carbocycles. The van der Waals surface area contributed by atoms with Crippen LogP contribution in [-0.4, -0.2) is 36.6 Å². The lowest BCUT2D eigenvalue weighted by Crippen LogP contribution is -2.34. The van der Waals surface area contributed by atoms with Crippen molar-refractivity contribution in [1.29, 1.82) is 0 Å². The molecule has 2 rings (SSSR count). The second-order valence-corrected chi connectivity index (χ2v) is 5.81. The fraction of sp³-hybridized carbons (Fsp3) is 0.750. The van der Waals surface area contributed by atoms with Gasteiger partial charge in [0.1, 0.15) is 0 Å². The molecule has 1 N–H and O–H groups in total. The minimum atomic E-state index is 0. The fourth-order valence-corrected chi connectivity index (χ4v) is 2.93. The van der Waals surface area contributed by atoms with Gasteiger partial charge < -0.3 is 10.2 Å². The summed E-state index contributed by atoms with van der Waals surface area (Å²) in [7, 11) is 2.21. The molecule has 5 heteroatoms. The van der Waals surface area contributed by atoms with E-state index in [1.165, 1.54) is 43.2 Å². The Hall–Kier alpha value is -0.160. The molecule has 0 radical (unpaired) electrons. The molecular formula is C12H22ClN3S. The van der Waals surface area contributed by atoms with E-state index in [1.807, 2.05) is 0 Å². The van der Waals surface area contributed by atoms with Gasteiger partial charge in [0.25, 0.3) is 0 Å². The van der Waals surface area contributed by atoms with Gasteiger partial charge in [-0.1, -0.05) is 0 Å². The van der Waals surface area contributed by atoms with Gasteiger partial charge in [-0.15, -0.1) is 23.7 Å². The highest BCUT2D eigenvalue weighted by atomic mass is 35.5. The molecule has 0 aliphatic carbocycles. The second kappa shape index (κ2) is 7.31. The Bertz CT molecular complexity index is 323. The van der Waals surface area contributed by atoms with Gasteiger partial charge in [-0.25, -0.2) is 4.98 Å². The van der Waals surface area contributed by atoms with E-state index in [1.54, 1.807) is 11.3 Å². The SMILES string of the molecule is Cc1nc(CN(C)CC2CCNCC2)cs1.Cl. The number of thiazole rings is 1. The van der Waals surface area contributed by atoms with Crippen LogP contribution in [0.15, 0.2) is 5.38 Å². The van der Waals surface area contributed by atoms with Crippen molar-refractivity contribution in [2.75, 3.05) is 26.7 Å². The van der Waals surface area contributed by atoms with E-state index >= 15 is 0 Å². The van der Waals surface area contributed by atoms with E-state index in [9.17, 15) is 0 Å². The molecule has 0 bridgehead atoms. The van der Waals surface area contributed by atoms with Gasteiger partial charge in [-0.3, -0.25) is 0 Å². The van der Waals surface area contributed by atoms with Crippen LogP contribution in [0.25, 0.3) is 0 Å². The highest BCUT2D eigenvalue weighted by Gasteiger charge is 2.15. The van der Waals surface area contributed by atoms with Gasteiger partial charge in [0, 0.05) is 18.5 Å². The summed E-state index contributed by atoms with van der Waals surface area (Å²) in [4.78, 5) is 6.92. The number of halogens is 1.